The summed E-state index contributed by atoms with van der Waals surface area (Å²) < 4.78 is 10.9. The number of nitrogens with one attached hydrogen (secondary N) is 1. The lowest BCUT2D eigenvalue weighted by Gasteiger charge is -2.26. The molecule has 0 spiro atoms. The van der Waals surface area contributed by atoms with Gasteiger partial charge in [0, 0.05) is 0 Å². The van der Waals surface area contributed by atoms with Crippen molar-refractivity contribution in [2.75, 3.05) is 6.61 Å². The summed E-state index contributed by atoms with van der Waals surface area (Å²) in [6.45, 7) is 1.76. The summed E-state index contributed by atoms with van der Waals surface area (Å²) in [6.07, 6.45) is -0.520. The normalized spacial score (nSPS) is 18.5. The SMILES string of the molecule is CC[C@@H](NC(=O)C1COc2ccccc2O1)C(=O)O. The zero-order valence-electron chi connectivity index (χ0n) is 10.5. The number of benzene rings is 1. The Hall–Kier alpha value is -2.24. The number of para-hydroxylation sites is 2. The molecule has 1 aliphatic rings. The topological polar surface area (TPSA) is 84.9 Å². The van der Waals surface area contributed by atoms with Crippen LogP contribution in [-0.4, -0.2) is 35.7 Å². The van der Waals surface area contributed by atoms with E-state index < -0.39 is 24.0 Å². The van der Waals surface area contributed by atoms with Gasteiger partial charge in [0.05, 0.1) is 0 Å². The summed E-state index contributed by atoms with van der Waals surface area (Å²) in [5.41, 5.74) is 0. The fourth-order valence-corrected chi connectivity index (χ4v) is 1.75. The van der Waals surface area contributed by atoms with Crippen LogP contribution in [0.15, 0.2) is 24.3 Å². The van der Waals surface area contributed by atoms with Crippen LogP contribution in [0.4, 0.5) is 0 Å². The number of amides is 1. The average Bonchev–Trinajstić information content (AvgIpc) is 2.43. The van der Waals surface area contributed by atoms with E-state index in [1.54, 1.807) is 31.2 Å². The molecule has 1 unspecified atom stereocenters. The molecule has 0 aliphatic carbocycles. The highest BCUT2D eigenvalue weighted by atomic mass is 16.6. The number of ether oxygens (including phenoxy) is 2. The number of carboxylic acids is 1. The fraction of sp³-hybridized carbons (Fsp3) is 0.385. The molecule has 1 heterocycles. The zero-order valence-corrected chi connectivity index (χ0v) is 10.5. The lowest BCUT2D eigenvalue weighted by molar-refractivity contribution is -0.143. The molecule has 0 fully saturated rings. The highest BCUT2D eigenvalue weighted by Gasteiger charge is 2.29. The van der Waals surface area contributed by atoms with Gasteiger partial charge in [0.1, 0.15) is 12.6 Å². The molecule has 2 atom stereocenters. The Morgan fingerprint density at radius 3 is 2.74 bits per heavy atom. The highest BCUT2D eigenvalue weighted by Crippen LogP contribution is 2.30. The van der Waals surface area contributed by atoms with E-state index in [-0.39, 0.29) is 6.61 Å². The third-order valence-corrected chi connectivity index (χ3v) is 2.82. The lowest BCUT2D eigenvalue weighted by atomic mass is 10.2. The monoisotopic (exact) mass is 265 g/mol. The van der Waals surface area contributed by atoms with E-state index in [4.69, 9.17) is 14.6 Å². The molecule has 1 amide bonds. The molecule has 0 saturated heterocycles. The molecule has 2 N–H and O–H groups in total. The van der Waals surface area contributed by atoms with Crippen LogP contribution in [0.2, 0.25) is 0 Å². The first-order valence-electron chi connectivity index (χ1n) is 6.03. The predicted octanol–water partition coefficient (Wildman–Crippen LogP) is 0.806. The van der Waals surface area contributed by atoms with Crippen LogP contribution in [0.5, 0.6) is 11.5 Å². The van der Waals surface area contributed by atoms with E-state index in [1.165, 1.54) is 0 Å². The van der Waals surface area contributed by atoms with Crippen LogP contribution in [0, 0.1) is 0 Å². The fourth-order valence-electron chi connectivity index (χ4n) is 1.75. The van der Waals surface area contributed by atoms with Gasteiger partial charge >= 0.3 is 5.97 Å². The molecule has 1 aliphatic heterocycles. The summed E-state index contributed by atoms with van der Waals surface area (Å²) in [7, 11) is 0. The largest absolute Gasteiger partial charge is 0.485 e. The van der Waals surface area contributed by atoms with Crippen molar-refractivity contribution in [3.8, 4) is 11.5 Å². The van der Waals surface area contributed by atoms with Gasteiger partial charge < -0.3 is 19.9 Å². The van der Waals surface area contributed by atoms with Gasteiger partial charge in [-0.3, -0.25) is 4.79 Å². The summed E-state index contributed by atoms with van der Waals surface area (Å²) in [4.78, 5) is 22.8. The molecule has 19 heavy (non-hydrogen) atoms. The molecule has 0 bridgehead atoms. The van der Waals surface area contributed by atoms with Crippen molar-refractivity contribution < 1.29 is 24.2 Å². The number of carbonyl (C=O) groups is 2. The van der Waals surface area contributed by atoms with Gasteiger partial charge in [0.2, 0.25) is 6.10 Å². The smallest absolute Gasteiger partial charge is 0.326 e. The summed E-state index contributed by atoms with van der Waals surface area (Å²) in [5, 5.41) is 11.3. The number of carboxylic acid groups (broad SMARTS) is 1. The van der Waals surface area contributed by atoms with Crippen LogP contribution in [0.1, 0.15) is 13.3 Å². The Morgan fingerprint density at radius 1 is 1.42 bits per heavy atom. The molecule has 6 heteroatoms. The Bertz CT molecular complexity index is 488. The van der Waals surface area contributed by atoms with Crippen molar-refractivity contribution in [1.29, 1.82) is 0 Å². The first kappa shape index (κ1) is 13.2. The summed E-state index contributed by atoms with van der Waals surface area (Å²) >= 11 is 0. The first-order valence-corrected chi connectivity index (χ1v) is 6.03. The number of rotatable bonds is 4. The van der Waals surface area contributed by atoms with Crippen LogP contribution in [0.25, 0.3) is 0 Å². The van der Waals surface area contributed by atoms with Gasteiger partial charge in [-0.15, -0.1) is 0 Å². The number of fused-ring (bicyclic) bond motifs is 1. The van der Waals surface area contributed by atoms with Gasteiger partial charge in [0.15, 0.2) is 11.5 Å². The molecule has 6 nitrogen and oxygen atoms in total. The van der Waals surface area contributed by atoms with Gasteiger partial charge in [-0.1, -0.05) is 19.1 Å². The maximum atomic E-state index is 11.9. The molecule has 0 saturated carbocycles. The van der Waals surface area contributed by atoms with Crippen LogP contribution < -0.4 is 14.8 Å². The molecule has 2 rings (SSSR count). The maximum Gasteiger partial charge on any atom is 0.326 e. The Balaban J connectivity index is 2.01. The number of hydrogen-bond donors (Lipinski definition) is 2. The quantitative estimate of drug-likeness (QED) is 0.841. The minimum Gasteiger partial charge on any atom is -0.485 e. The highest BCUT2D eigenvalue weighted by molar-refractivity contribution is 5.86. The third-order valence-electron chi connectivity index (χ3n) is 2.82. The number of carbonyl (C=O) groups excluding carboxylic acids is 1. The van der Waals surface area contributed by atoms with Crippen molar-refractivity contribution >= 4 is 11.9 Å². The Kier molecular flexibility index (Phi) is 3.89. The number of aliphatic carboxylic acids is 1. The van der Waals surface area contributed by atoms with Gasteiger partial charge in [-0.2, -0.15) is 0 Å². The third kappa shape index (κ3) is 2.96. The van der Waals surface area contributed by atoms with Crippen molar-refractivity contribution in [2.45, 2.75) is 25.5 Å². The first-order chi connectivity index (χ1) is 9.11. The van der Waals surface area contributed by atoms with Crippen molar-refractivity contribution in [2.24, 2.45) is 0 Å². The average molecular weight is 265 g/mol. The number of hydrogen-bond acceptors (Lipinski definition) is 4. The van der Waals surface area contributed by atoms with Gasteiger partial charge in [-0.25, -0.2) is 4.79 Å². The second kappa shape index (κ2) is 5.60. The molecular formula is C13H15NO5. The van der Waals surface area contributed by atoms with E-state index in [0.717, 1.165) is 0 Å². The minimum atomic E-state index is -1.06. The van der Waals surface area contributed by atoms with Crippen LogP contribution in [-0.2, 0) is 9.59 Å². The molecule has 1 aromatic rings. The van der Waals surface area contributed by atoms with E-state index in [1.807, 2.05) is 0 Å². The maximum absolute atomic E-state index is 11.9. The van der Waals surface area contributed by atoms with Crippen LogP contribution in [0.3, 0.4) is 0 Å². The second-order valence-corrected chi connectivity index (χ2v) is 4.17. The predicted molar refractivity (Wildman–Crippen MR) is 66.2 cm³/mol. The Labute approximate surface area is 110 Å². The zero-order chi connectivity index (χ0) is 13.8. The molecule has 0 aromatic heterocycles. The molecule has 1 aromatic carbocycles. The van der Waals surface area contributed by atoms with Crippen molar-refractivity contribution in [1.82, 2.24) is 5.32 Å². The van der Waals surface area contributed by atoms with E-state index in [2.05, 4.69) is 5.32 Å². The standard InChI is InChI=1S/C13H15NO5/c1-2-8(13(16)17)14-12(15)11-7-18-9-5-3-4-6-10(9)19-11/h3-6,8,11H,2,7H2,1H3,(H,14,15)(H,16,17)/t8-,11?/m1/s1. The van der Waals surface area contributed by atoms with Crippen molar-refractivity contribution in [3.63, 3.8) is 0 Å². The Morgan fingerprint density at radius 2 is 2.11 bits per heavy atom. The van der Waals surface area contributed by atoms with Gasteiger partial charge in [-0.05, 0) is 18.6 Å². The van der Waals surface area contributed by atoms with Gasteiger partial charge in [0.25, 0.3) is 5.91 Å². The molecule has 0 radical (unpaired) electrons. The second-order valence-electron chi connectivity index (χ2n) is 4.17. The summed E-state index contributed by atoms with van der Waals surface area (Å²) in [6, 6.07) is 6.11. The summed E-state index contributed by atoms with van der Waals surface area (Å²) in [5.74, 6) is -0.481. The van der Waals surface area contributed by atoms with E-state index in [0.29, 0.717) is 17.9 Å². The van der Waals surface area contributed by atoms with Crippen molar-refractivity contribution in [3.05, 3.63) is 24.3 Å². The lowest BCUT2D eigenvalue weighted by Crippen LogP contribution is -2.49. The molecular weight excluding hydrogens is 250 g/mol. The molecule has 102 valence electrons. The minimum absolute atomic E-state index is 0.0684. The van der Waals surface area contributed by atoms with E-state index in [9.17, 15) is 9.59 Å². The van der Waals surface area contributed by atoms with E-state index >= 15 is 0 Å². The van der Waals surface area contributed by atoms with Crippen LogP contribution >= 0.6 is 0 Å².